The molecule has 0 fully saturated rings. The number of halogens is 3. The average molecular weight is 264 g/mol. The lowest BCUT2D eigenvalue weighted by Gasteiger charge is -2.03. The van der Waals surface area contributed by atoms with Gasteiger partial charge in [-0.3, -0.25) is 9.89 Å². The Balaban J connectivity index is 2.54. The Hall–Kier alpha value is -1.24. The van der Waals surface area contributed by atoms with Crippen LogP contribution in [0, 0.1) is 0 Å². The minimum atomic E-state index is -4.43. The fourth-order valence-electron chi connectivity index (χ4n) is 1.13. The number of carbonyl (C=O) groups is 1. The normalized spacial score (nSPS) is 12.2. The Bertz CT molecular complexity index is 412. The first-order valence-corrected chi connectivity index (χ1v) is 5.80. The highest BCUT2D eigenvalue weighted by Crippen LogP contribution is 2.30. The number of hydrogen-bond acceptors (Lipinski definition) is 3. The van der Waals surface area contributed by atoms with Crippen LogP contribution in [0.25, 0.3) is 6.08 Å². The van der Waals surface area contributed by atoms with Gasteiger partial charge in [-0.15, -0.1) is 0 Å². The minimum absolute atomic E-state index is 0.00214. The first kappa shape index (κ1) is 13.8. The van der Waals surface area contributed by atoms with E-state index < -0.39 is 11.9 Å². The predicted octanol–water partition coefficient (Wildman–Crippen LogP) is 3.11. The molecule has 0 aromatic carbocycles. The maximum Gasteiger partial charge on any atom is 0.433 e. The molecule has 0 amide bonds. The van der Waals surface area contributed by atoms with Crippen molar-refractivity contribution in [3.63, 3.8) is 0 Å². The summed E-state index contributed by atoms with van der Waals surface area (Å²) in [6, 6.07) is 0. The van der Waals surface area contributed by atoms with E-state index in [1.54, 1.807) is 6.08 Å². The average Bonchev–Trinajstić information content (AvgIpc) is 2.64. The van der Waals surface area contributed by atoms with Gasteiger partial charge in [-0.1, -0.05) is 23.9 Å². The Morgan fingerprint density at radius 1 is 1.59 bits per heavy atom. The summed E-state index contributed by atoms with van der Waals surface area (Å²) in [4.78, 5) is 10.6. The van der Waals surface area contributed by atoms with Crippen molar-refractivity contribution in [1.29, 1.82) is 0 Å². The zero-order valence-corrected chi connectivity index (χ0v) is 9.86. The molecule has 0 radical (unpaired) electrons. The Labute approximate surface area is 100 Å². The van der Waals surface area contributed by atoms with Crippen LogP contribution in [0.4, 0.5) is 13.2 Å². The van der Waals surface area contributed by atoms with Crippen LogP contribution in [-0.2, 0) is 11.0 Å². The van der Waals surface area contributed by atoms with E-state index in [0.29, 0.717) is 12.2 Å². The molecule has 1 heterocycles. The number of allylic oxidation sites excluding steroid dienone is 1. The SMILES string of the molecule is CC(=O)SCCC=Cc1cn[nH]c1C(F)(F)F. The van der Waals surface area contributed by atoms with Gasteiger partial charge in [0.15, 0.2) is 5.12 Å². The van der Waals surface area contributed by atoms with Gasteiger partial charge in [0.05, 0.1) is 6.20 Å². The molecule has 17 heavy (non-hydrogen) atoms. The number of rotatable bonds is 4. The summed E-state index contributed by atoms with van der Waals surface area (Å²) >= 11 is 1.14. The molecule has 94 valence electrons. The molecular weight excluding hydrogens is 253 g/mol. The van der Waals surface area contributed by atoms with Crippen molar-refractivity contribution in [2.24, 2.45) is 0 Å². The first-order valence-electron chi connectivity index (χ1n) is 4.81. The first-order chi connectivity index (χ1) is 7.91. The fourth-order valence-corrected chi connectivity index (χ4v) is 1.67. The molecule has 0 atom stereocenters. The third-order valence-corrected chi connectivity index (χ3v) is 2.69. The highest BCUT2D eigenvalue weighted by atomic mass is 32.2. The second kappa shape index (κ2) is 5.90. The number of alkyl halides is 3. The number of carbonyl (C=O) groups excluding carboxylic acids is 1. The van der Waals surface area contributed by atoms with Crippen LogP contribution in [0.5, 0.6) is 0 Å². The summed E-state index contributed by atoms with van der Waals surface area (Å²) in [5.74, 6) is 0.561. The molecule has 1 rings (SSSR count). The smallest absolute Gasteiger partial charge is 0.288 e. The van der Waals surface area contributed by atoms with Gasteiger partial charge >= 0.3 is 6.18 Å². The van der Waals surface area contributed by atoms with Gasteiger partial charge in [0.1, 0.15) is 5.69 Å². The molecule has 0 unspecified atom stereocenters. The van der Waals surface area contributed by atoms with Crippen LogP contribution in [0.3, 0.4) is 0 Å². The number of aromatic amines is 1. The van der Waals surface area contributed by atoms with E-state index >= 15 is 0 Å². The number of thioether (sulfide) groups is 1. The van der Waals surface area contributed by atoms with E-state index in [1.165, 1.54) is 13.0 Å². The third-order valence-electron chi connectivity index (χ3n) is 1.84. The number of nitrogens with one attached hydrogen (secondary N) is 1. The topological polar surface area (TPSA) is 45.8 Å². The number of nitrogens with zero attached hydrogens (tertiary/aromatic N) is 1. The molecule has 1 aromatic rings. The third kappa shape index (κ3) is 4.64. The zero-order valence-electron chi connectivity index (χ0n) is 9.04. The number of aromatic nitrogens is 2. The summed E-state index contributed by atoms with van der Waals surface area (Å²) in [5.41, 5.74) is -0.849. The fraction of sp³-hybridized carbons (Fsp3) is 0.400. The van der Waals surface area contributed by atoms with Gasteiger partial charge in [-0.2, -0.15) is 18.3 Å². The second-order valence-electron chi connectivity index (χ2n) is 3.23. The monoisotopic (exact) mass is 264 g/mol. The molecule has 0 saturated heterocycles. The van der Waals surface area contributed by atoms with Gasteiger partial charge < -0.3 is 0 Å². The van der Waals surface area contributed by atoms with Crippen molar-refractivity contribution >= 4 is 23.0 Å². The molecular formula is C10H11F3N2OS. The quantitative estimate of drug-likeness (QED) is 0.850. The molecule has 0 saturated carbocycles. The van der Waals surface area contributed by atoms with E-state index in [-0.39, 0.29) is 10.7 Å². The van der Waals surface area contributed by atoms with Crippen molar-refractivity contribution in [2.75, 3.05) is 5.75 Å². The maximum atomic E-state index is 12.4. The Kier molecular flexibility index (Phi) is 4.80. The van der Waals surface area contributed by atoms with Crippen LogP contribution in [0.2, 0.25) is 0 Å². The van der Waals surface area contributed by atoms with Crippen LogP contribution in [-0.4, -0.2) is 21.1 Å². The molecule has 0 bridgehead atoms. The summed E-state index contributed by atoms with van der Waals surface area (Å²) in [6.07, 6.45) is 0.178. The van der Waals surface area contributed by atoms with Gasteiger partial charge in [-0.05, 0) is 6.42 Å². The zero-order chi connectivity index (χ0) is 12.9. The summed E-state index contributed by atoms with van der Waals surface area (Å²) < 4.78 is 37.2. The van der Waals surface area contributed by atoms with Gasteiger partial charge in [0.2, 0.25) is 0 Å². The van der Waals surface area contributed by atoms with E-state index in [1.807, 2.05) is 5.10 Å². The highest BCUT2D eigenvalue weighted by Gasteiger charge is 2.34. The highest BCUT2D eigenvalue weighted by molar-refractivity contribution is 8.13. The van der Waals surface area contributed by atoms with E-state index in [2.05, 4.69) is 5.10 Å². The standard InChI is InChI=1S/C10H11F3N2OS/c1-7(16)17-5-3-2-4-8-6-14-15-9(8)10(11,12)13/h2,4,6H,3,5H2,1H3,(H,14,15). The van der Waals surface area contributed by atoms with E-state index in [9.17, 15) is 18.0 Å². The minimum Gasteiger partial charge on any atom is -0.288 e. The lowest BCUT2D eigenvalue weighted by atomic mass is 10.2. The van der Waals surface area contributed by atoms with Crippen LogP contribution >= 0.6 is 11.8 Å². The van der Waals surface area contributed by atoms with Gasteiger partial charge in [0, 0.05) is 18.2 Å². The lowest BCUT2D eigenvalue weighted by Crippen LogP contribution is -2.07. The molecule has 0 aliphatic carbocycles. The number of hydrogen-bond donors (Lipinski definition) is 1. The van der Waals surface area contributed by atoms with Crippen molar-refractivity contribution in [3.8, 4) is 0 Å². The Morgan fingerprint density at radius 3 is 2.88 bits per heavy atom. The summed E-state index contributed by atoms with van der Waals surface area (Å²) in [6.45, 7) is 1.45. The Morgan fingerprint density at radius 2 is 2.29 bits per heavy atom. The largest absolute Gasteiger partial charge is 0.433 e. The van der Waals surface area contributed by atoms with Gasteiger partial charge in [0.25, 0.3) is 0 Å². The summed E-state index contributed by atoms with van der Waals surface area (Å²) in [5, 5.41) is 5.28. The molecule has 0 spiro atoms. The van der Waals surface area contributed by atoms with Crippen LogP contribution in [0.1, 0.15) is 24.6 Å². The van der Waals surface area contributed by atoms with Crippen molar-refractivity contribution in [2.45, 2.75) is 19.5 Å². The van der Waals surface area contributed by atoms with E-state index in [4.69, 9.17) is 0 Å². The molecule has 3 nitrogen and oxygen atoms in total. The molecule has 1 N–H and O–H groups in total. The molecule has 7 heteroatoms. The lowest BCUT2D eigenvalue weighted by molar-refractivity contribution is -0.141. The maximum absolute atomic E-state index is 12.4. The predicted molar refractivity (Wildman–Crippen MR) is 60.4 cm³/mol. The second-order valence-corrected chi connectivity index (χ2v) is 4.50. The van der Waals surface area contributed by atoms with Gasteiger partial charge in [-0.25, -0.2) is 0 Å². The number of H-pyrrole nitrogens is 1. The van der Waals surface area contributed by atoms with E-state index in [0.717, 1.165) is 18.0 Å². The molecule has 0 aliphatic rings. The van der Waals surface area contributed by atoms with Crippen molar-refractivity contribution in [3.05, 3.63) is 23.5 Å². The van der Waals surface area contributed by atoms with Crippen LogP contribution < -0.4 is 0 Å². The van der Waals surface area contributed by atoms with Crippen molar-refractivity contribution in [1.82, 2.24) is 10.2 Å². The van der Waals surface area contributed by atoms with Crippen LogP contribution in [0.15, 0.2) is 12.3 Å². The molecule has 1 aromatic heterocycles. The summed E-state index contributed by atoms with van der Waals surface area (Å²) in [7, 11) is 0. The molecule has 0 aliphatic heterocycles. The van der Waals surface area contributed by atoms with Crippen molar-refractivity contribution < 1.29 is 18.0 Å².